The summed E-state index contributed by atoms with van der Waals surface area (Å²) >= 11 is 5.89. The molecule has 0 saturated carbocycles. The van der Waals surface area contributed by atoms with Gasteiger partial charge >= 0.3 is 6.18 Å². The van der Waals surface area contributed by atoms with Crippen LogP contribution in [0.25, 0.3) is 0 Å². The summed E-state index contributed by atoms with van der Waals surface area (Å²) in [6.45, 7) is 0.256. The maximum Gasteiger partial charge on any atom is 0.416 e. The number of alkyl halides is 3. The standard InChI is InChI=1S/C24H22ClF3N2O3S/c25-21-12-9-19(24(26,27)28)16-22(21)30-23(31)13-8-18-6-10-20(11-7-18)34(32,33)29-15-14-17-4-2-1-3-5-17/h1-7,9-12,16,29H,8,13-15H2,(H,30,31). The van der Waals surface area contributed by atoms with E-state index in [1.54, 1.807) is 12.1 Å². The first-order chi connectivity index (χ1) is 16.0. The monoisotopic (exact) mass is 510 g/mol. The Hall–Kier alpha value is -2.88. The average molecular weight is 511 g/mol. The number of amides is 1. The molecular formula is C24H22ClF3N2O3S. The van der Waals surface area contributed by atoms with Crippen LogP contribution in [0.15, 0.2) is 77.7 Å². The first kappa shape index (κ1) is 25.7. The molecule has 0 spiro atoms. The number of hydrogen-bond donors (Lipinski definition) is 2. The van der Waals surface area contributed by atoms with Gasteiger partial charge in [-0.3, -0.25) is 4.79 Å². The second kappa shape index (κ2) is 11.0. The van der Waals surface area contributed by atoms with E-state index in [0.717, 1.165) is 23.8 Å². The highest BCUT2D eigenvalue weighted by atomic mass is 35.5. The Bertz CT molecular complexity index is 1230. The largest absolute Gasteiger partial charge is 0.416 e. The van der Waals surface area contributed by atoms with Gasteiger partial charge in [0.05, 0.1) is 21.2 Å². The Labute approximate surface area is 201 Å². The lowest BCUT2D eigenvalue weighted by atomic mass is 10.1. The zero-order valence-electron chi connectivity index (χ0n) is 17.9. The van der Waals surface area contributed by atoms with E-state index in [-0.39, 0.29) is 35.0 Å². The fraction of sp³-hybridized carbons (Fsp3) is 0.208. The van der Waals surface area contributed by atoms with Crippen LogP contribution in [0, 0.1) is 0 Å². The third-order valence-electron chi connectivity index (χ3n) is 4.99. The molecule has 0 radical (unpaired) electrons. The molecular weight excluding hydrogens is 489 g/mol. The highest BCUT2D eigenvalue weighted by Gasteiger charge is 2.31. The number of hydrogen-bond acceptors (Lipinski definition) is 3. The smallest absolute Gasteiger partial charge is 0.325 e. The molecule has 0 aliphatic carbocycles. The van der Waals surface area contributed by atoms with Crippen molar-refractivity contribution >= 4 is 33.2 Å². The van der Waals surface area contributed by atoms with Crippen LogP contribution in [0.5, 0.6) is 0 Å². The summed E-state index contributed by atoms with van der Waals surface area (Å²) in [7, 11) is -3.68. The van der Waals surface area contributed by atoms with Crippen molar-refractivity contribution in [3.05, 3.63) is 94.5 Å². The van der Waals surface area contributed by atoms with Gasteiger partial charge in [0, 0.05) is 13.0 Å². The molecule has 2 N–H and O–H groups in total. The van der Waals surface area contributed by atoms with Crippen molar-refractivity contribution in [2.75, 3.05) is 11.9 Å². The second-order valence-corrected chi connectivity index (χ2v) is 9.69. The van der Waals surface area contributed by atoms with Crippen molar-refractivity contribution in [1.29, 1.82) is 0 Å². The Morgan fingerprint density at radius 2 is 1.53 bits per heavy atom. The number of rotatable bonds is 9. The van der Waals surface area contributed by atoms with Gasteiger partial charge in [-0.2, -0.15) is 13.2 Å². The van der Waals surface area contributed by atoms with Crippen LogP contribution in [0.3, 0.4) is 0 Å². The molecule has 180 valence electrons. The molecule has 0 aliphatic rings. The normalized spacial score (nSPS) is 11.9. The fourth-order valence-corrected chi connectivity index (χ4v) is 4.36. The topological polar surface area (TPSA) is 75.3 Å². The van der Waals surface area contributed by atoms with Crippen molar-refractivity contribution in [3.8, 4) is 0 Å². The molecule has 1 amide bonds. The lowest BCUT2D eigenvalue weighted by molar-refractivity contribution is -0.137. The van der Waals surface area contributed by atoms with Gasteiger partial charge in [-0.05, 0) is 54.3 Å². The number of sulfonamides is 1. The van der Waals surface area contributed by atoms with Crippen LogP contribution in [0.2, 0.25) is 5.02 Å². The number of carbonyl (C=O) groups is 1. The summed E-state index contributed by atoms with van der Waals surface area (Å²) in [6, 6.07) is 18.3. The predicted octanol–water partition coefficient (Wildman–Crippen LogP) is 5.45. The first-order valence-corrected chi connectivity index (χ1v) is 12.2. The second-order valence-electron chi connectivity index (χ2n) is 7.52. The molecule has 3 aromatic rings. The summed E-state index contributed by atoms with van der Waals surface area (Å²) in [5.41, 5.74) is 0.685. The van der Waals surface area contributed by atoms with Crippen molar-refractivity contribution in [2.45, 2.75) is 30.3 Å². The molecule has 0 aromatic heterocycles. The highest BCUT2D eigenvalue weighted by Crippen LogP contribution is 2.33. The quantitative estimate of drug-likeness (QED) is 0.402. The van der Waals surface area contributed by atoms with E-state index in [0.29, 0.717) is 12.0 Å². The number of benzene rings is 3. The van der Waals surface area contributed by atoms with Gasteiger partial charge in [0.25, 0.3) is 0 Å². The third-order valence-corrected chi connectivity index (χ3v) is 6.80. The van der Waals surface area contributed by atoms with Crippen LogP contribution in [0.1, 0.15) is 23.1 Å². The minimum Gasteiger partial charge on any atom is -0.325 e. The van der Waals surface area contributed by atoms with Crippen molar-refractivity contribution < 1.29 is 26.4 Å². The summed E-state index contributed by atoms with van der Waals surface area (Å²) in [5, 5.41) is 2.38. The van der Waals surface area contributed by atoms with Gasteiger partial charge in [0.15, 0.2) is 0 Å². The minimum atomic E-state index is -4.55. The van der Waals surface area contributed by atoms with E-state index in [1.807, 2.05) is 30.3 Å². The molecule has 0 atom stereocenters. The Balaban J connectivity index is 1.53. The highest BCUT2D eigenvalue weighted by molar-refractivity contribution is 7.89. The van der Waals surface area contributed by atoms with E-state index >= 15 is 0 Å². The van der Waals surface area contributed by atoms with E-state index in [1.165, 1.54) is 12.1 Å². The van der Waals surface area contributed by atoms with Crippen LogP contribution in [-0.2, 0) is 33.8 Å². The van der Waals surface area contributed by atoms with Crippen molar-refractivity contribution in [2.24, 2.45) is 0 Å². The Morgan fingerprint density at radius 3 is 2.18 bits per heavy atom. The summed E-state index contributed by atoms with van der Waals surface area (Å²) in [5.74, 6) is -0.513. The Morgan fingerprint density at radius 1 is 0.882 bits per heavy atom. The number of aryl methyl sites for hydroxylation is 1. The molecule has 0 fully saturated rings. The third kappa shape index (κ3) is 7.31. The predicted molar refractivity (Wildman–Crippen MR) is 125 cm³/mol. The molecule has 0 bridgehead atoms. The number of anilines is 1. The van der Waals surface area contributed by atoms with Gasteiger partial charge in [-0.15, -0.1) is 0 Å². The van der Waals surface area contributed by atoms with Crippen LogP contribution in [-0.4, -0.2) is 20.9 Å². The molecule has 3 aromatic carbocycles. The zero-order valence-corrected chi connectivity index (χ0v) is 19.5. The van der Waals surface area contributed by atoms with E-state index in [2.05, 4.69) is 10.0 Å². The van der Waals surface area contributed by atoms with Gasteiger partial charge in [0.1, 0.15) is 0 Å². The minimum absolute atomic E-state index is 0.00401. The molecule has 0 heterocycles. The van der Waals surface area contributed by atoms with Gasteiger partial charge in [-0.1, -0.05) is 54.1 Å². The van der Waals surface area contributed by atoms with Crippen LogP contribution in [0.4, 0.5) is 18.9 Å². The SMILES string of the molecule is O=C(CCc1ccc(S(=O)(=O)NCCc2ccccc2)cc1)Nc1cc(C(F)(F)F)ccc1Cl. The average Bonchev–Trinajstić information content (AvgIpc) is 2.79. The molecule has 0 unspecified atom stereocenters. The maximum atomic E-state index is 12.9. The van der Waals surface area contributed by atoms with Crippen molar-refractivity contribution in [3.63, 3.8) is 0 Å². The van der Waals surface area contributed by atoms with Gasteiger partial charge < -0.3 is 5.32 Å². The number of carbonyl (C=O) groups excluding carboxylic acids is 1. The summed E-state index contributed by atoms with van der Waals surface area (Å²) in [6.07, 6.45) is -3.75. The Kier molecular flexibility index (Phi) is 8.35. The van der Waals surface area contributed by atoms with Gasteiger partial charge in [-0.25, -0.2) is 13.1 Å². The van der Waals surface area contributed by atoms with E-state index < -0.39 is 27.7 Å². The lowest BCUT2D eigenvalue weighted by Crippen LogP contribution is -2.26. The van der Waals surface area contributed by atoms with Gasteiger partial charge in [0.2, 0.25) is 15.9 Å². The first-order valence-electron chi connectivity index (χ1n) is 10.3. The number of nitrogens with one attached hydrogen (secondary N) is 2. The van der Waals surface area contributed by atoms with E-state index in [4.69, 9.17) is 11.6 Å². The molecule has 0 saturated heterocycles. The molecule has 3 rings (SSSR count). The lowest BCUT2D eigenvalue weighted by Gasteiger charge is -2.12. The van der Waals surface area contributed by atoms with Crippen LogP contribution < -0.4 is 10.0 Å². The summed E-state index contributed by atoms with van der Waals surface area (Å²) in [4.78, 5) is 12.3. The summed E-state index contributed by atoms with van der Waals surface area (Å²) < 4.78 is 66.1. The molecule has 0 aliphatic heterocycles. The zero-order chi connectivity index (χ0) is 24.8. The van der Waals surface area contributed by atoms with Crippen molar-refractivity contribution in [1.82, 2.24) is 4.72 Å². The number of halogens is 4. The fourth-order valence-electron chi connectivity index (χ4n) is 3.16. The molecule has 5 nitrogen and oxygen atoms in total. The maximum absolute atomic E-state index is 12.9. The molecule has 10 heteroatoms. The van der Waals surface area contributed by atoms with E-state index in [9.17, 15) is 26.4 Å². The van der Waals surface area contributed by atoms with Crippen LogP contribution >= 0.6 is 11.6 Å². The molecule has 34 heavy (non-hydrogen) atoms.